The molecule has 32 heavy (non-hydrogen) atoms. The van der Waals surface area contributed by atoms with E-state index < -0.39 is 0 Å². The molecule has 1 aromatic carbocycles. The van der Waals surface area contributed by atoms with Gasteiger partial charge in [0.05, 0.1) is 26.4 Å². The van der Waals surface area contributed by atoms with Crippen LogP contribution in [0.1, 0.15) is 50.3 Å². The number of rotatable bonds is 5. The minimum absolute atomic E-state index is 0.0474. The topological polar surface area (TPSA) is 63.7 Å². The van der Waals surface area contributed by atoms with Crippen molar-refractivity contribution in [2.75, 3.05) is 30.5 Å². The molecule has 1 aromatic heterocycles. The first-order chi connectivity index (χ1) is 15.6. The standard InChI is InChI=1S/C26H31N3O3/c1-16-25(28-23-5-4-6-24(27-23)31-3)21-15-20(18-11-13-32-14-12-18)9-10-22(21)29(17(2)30)26(16)19-7-8-19/h4-6,9-11,15-16,19,25-26H,7-8,12-14H2,1-3H3,(H,27,28). The number of amides is 1. The number of hydrogen-bond donors (Lipinski definition) is 1. The number of pyridine rings is 1. The molecule has 3 atom stereocenters. The van der Waals surface area contributed by atoms with E-state index in [0.717, 1.165) is 30.1 Å². The van der Waals surface area contributed by atoms with E-state index in [-0.39, 0.29) is 23.9 Å². The maximum absolute atomic E-state index is 12.8. The fourth-order valence-corrected chi connectivity index (χ4v) is 5.32. The summed E-state index contributed by atoms with van der Waals surface area (Å²) in [7, 11) is 1.63. The maximum atomic E-state index is 12.8. The van der Waals surface area contributed by atoms with Gasteiger partial charge in [-0.25, -0.2) is 0 Å². The Morgan fingerprint density at radius 1 is 1.25 bits per heavy atom. The summed E-state index contributed by atoms with van der Waals surface area (Å²) in [6.07, 6.45) is 5.44. The van der Waals surface area contributed by atoms with Crippen LogP contribution in [-0.2, 0) is 9.53 Å². The van der Waals surface area contributed by atoms with E-state index in [2.05, 4.69) is 46.4 Å². The number of nitrogens with zero attached hydrogens (tertiary/aromatic N) is 2. The molecule has 168 valence electrons. The van der Waals surface area contributed by atoms with E-state index in [1.165, 1.54) is 24.0 Å². The van der Waals surface area contributed by atoms with Gasteiger partial charge in [-0.2, -0.15) is 4.98 Å². The number of fused-ring (bicyclic) bond motifs is 1. The molecule has 1 saturated carbocycles. The molecule has 6 heteroatoms. The van der Waals surface area contributed by atoms with Crippen molar-refractivity contribution in [2.45, 2.75) is 45.2 Å². The van der Waals surface area contributed by atoms with Crippen LogP contribution in [0.15, 0.2) is 42.5 Å². The molecule has 3 aliphatic rings. The van der Waals surface area contributed by atoms with Crippen molar-refractivity contribution < 1.29 is 14.3 Å². The third kappa shape index (κ3) is 3.88. The maximum Gasteiger partial charge on any atom is 0.224 e. The van der Waals surface area contributed by atoms with Crippen molar-refractivity contribution in [1.82, 2.24) is 4.98 Å². The normalized spacial score (nSPS) is 25.0. The number of carbonyl (C=O) groups excluding carboxylic acids is 1. The smallest absolute Gasteiger partial charge is 0.224 e. The Kier molecular flexibility index (Phi) is 5.64. The van der Waals surface area contributed by atoms with Crippen LogP contribution in [0.4, 0.5) is 11.5 Å². The lowest BCUT2D eigenvalue weighted by Crippen LogP contribution is -2.51. The number of aromatic nitrogens is 1. The highest BCUT2D eigenvalue weighted by Crippen LogP contribution is 2.50. The molecule has 1 amide bonds. The number of methoxy groups -OCH3 is 1. The second-order valence-electron chi connectivity index (χ2n) is 9.09. The van der Waals surface area contributed by atoms with Crippen LogP contribution < -0.4 is 15.0 Å². The minimum atomic E-state index is 0.0474. The van der Waals surface area contributed by atoms with Crippen LogP contribution in [0, 0.1) is 11.8 Å². The van der Waals surface area contributed by atoms with Gasteiger partial charge in [0.1, 0.15) is 5.82 Å². The molecule has 0 bridgehead atoms. The Balaban J connectivity index is 1.60. The second-order valence-corrected chi connectivity index (χ2v) is 9.09. The number of benzene rings is 1. The third-order valence-corrected chi connectivity index (χ3v) is 7.00. The average molecular weight is 434 g/mol. The molecule has 0 radical (unpaired) electrons. The number of ether oxygens (including phenoxy) is 2. The largest absolute Gasteiger partial charge is 0.481 e. The summed E-state index contributed by atoms with van der Waals surface area (Å²) in [5.41, 5.74) is 4.69. The van der Waals surface area contributed by atoms with Gasteiger partial charge in [0, 0.05) is 30.6 Å². The summed E-state index contributed by atoms with van der Waals surface area (Å²) in [6.45, 7) is 5.36. The van der Waals surface area contributed by atoms with Crippen molar-refractivity contribution in [3.8, 4) is 5.88 Å². The van der Waals surface area contributed by atoms with Gasteiger partial charge in [-0.15, -0.1) is 0 Å². The summed E-state index contributed by atoms with van der Waals surface area (Å²) >= 11 is 0. The molecule has 2 aliphatic heterocycles. The van der Waals surface area contributed by atoms with E-state index in [1.54, 1.807) is 14.0 Å². The van der Waals surface area contributed by atoms with Crippen LogP contribution in [0.2, 0.25) is 0 Å². The molecule has 3 heterocycles. The SMILES string of the molecule is COc1cccc(NC2c3cc(C4=CCOCC4)ccc3N(C(C)=O)C(C3CC3)C2C)n1. The van der Waals surface area contributed by atoms with Crippen LogP contribution in [0.5, 0.6) is 5.88 Å². The van der Waals surface area contributed by atoms with Gasteiger partial charge in [-0.05, 0) is 60.1 Å². The quantitative estimate of drug-likeness (QED) is 0.732. The Labute approximate surface area is 189 Å². The summed E-state index contributed by atoms with van der Waals surface area (Å²) in [4.78, 5) is 19.5. The molecular weight excluding hydrogens is 402 g/mol. The fourth-order valence-electron chi connectivity index (χ4n) is 5.32. The first-order valence-electron chi connectivity index (χ1n) is 11.6. The molecule has 6 nitrogen and oxygen atoms in total. The molecule has 1 fully saturated rings. The van der Waals surface area contributed by atoms with Gasteiger partial charge >= 0.3 is 0 Å². The number of carbonyl (C=O) groups is 1. The predicted molar refractivity (Wildman–Crippen MR) is 126 cm³/mol. The van der Waals surface area contributed by atoms with Crippen molar-refractivity contribution in [2.24, 2.45) is 11.8 Å². The zero-order valence-corrected chi connectivity index (χ0v) is 19.0. The van der Waals surface area contributed by atoms with E-state index in [4.69, 9.17) is 9.47 Å². The highest BCUT2D eigenvalue weighted by molar-refractivity contribution is 5.94. The average Bonchev–Trinajstić information content (AvgIpc) is 3.66. The fraction of sp³-hybridized carbons (Fsp3) is 0.462. The molecule has 3 unspecified atom stereocenters. The van der Waals surface area contributed by atoms with Crippen molar-refractivity contribution in [3.63, 3.8) is 0 Å². The van der Waals surface area contributed by atoms with Gasteiger partial charge in [-0.3, -0.25) is 4.79 Å². The zero-order chi connectivity index (χ0) is 22.2. The monoisotopic (exact) mass is 433 g/mol. The van der Waals surface area contributed by atoms with E-state index in [1.807, 2.05) is 18.2 Å². The van der Waals surface area contributed by atoms with Gasteiger partial charge in [0.15, 0.2) is 0 Å². The molecule has 2 aromatic rings. The van der Waals surface area contributed by atoms with Gasteiger partial charge in [0.2, 0.25) is 11.8 Å². The zero-order valence-electron chi connectivity index (χ0n) is 19.0. The number of nitrogens with one attached hydrogen (secondary N) is 1. The van der Waals surface area contributed by atoms with E-state index >= 15 is 0 Å². The molecule has 1 N–H and O–H groups in total. The van der Waals surface area contributed by atoms with Crippen LogP contribution >= 0.6 is 0 Å². The second kappa shape index (κ2) is 8.58. The Bertz CT molecular complexity index is 1050. The molecule has 0 saturated heterocycles. The summed E-state index contributed by atoms with van der Waals surface area (Å²) in [6, 6.07) is 12.6. The Hall–Kier alpha value is -2.86. The molecular formula is C26H31N3O3. The summed E-state index contributed by atoms with van der Waals surface area (Å²) in [5, 5.41) is 3.69. The Morgan fingerprint density at radius 2 is 2.09 bits per heavy atom. The molecule has 0 spiro atoms. The number of hydrogen-bond acceptors (Lipinski definition) is 5. The predicted octanol–water partition coefficient (Wildman–Crippen LogP) is 4.83. The van der Waals surface area contributed by atoms with Crippen molar-refractivity contribution in [3.05, 3.63) is 53.6 Å². The summed E-state index contributed by atoms with van der Waals surface area (Å²) in [5.74, 6) is 2.29. The minimum Gasteiger partial charge on any atom is -0.481 e. The lowest BCUT2D eigenvalue weighted by atomic mass is 9.79. The van der Waals surface area contributed by atoms with Gasteiger partial charge < -0.3 is 19.7 Å². The van der Waals surface area contributed by atoms with Crippen molar-refractivity contribution in [1.29, 1.82) is 0 Å². The van der Waals surface area contributed by atoms with Gasteiger partial charge in [-0.1, -0.05) is 25.1 Å². The third-order valence-electron chi connectivity index (χ3n) is 7.00. The van der Waals surface area contributed by atoms with Crippen LogP contribution in [-0.4, -0.2) is 37.3 Å². The first-order valence-corrected chi connectivity index (χ1v) is 11.6. The van der Waals surface area contributed by atoms with E-state index in [9.17, 15) is 4.79 Å². The lowest BCUT2D eigenvalue weighted by molar-refractivity contribution is -0.117. The van der Waals surface area contributed by atoms with Crippen LogP contribution in [0.25, 0.3) is 5.57 Å². The summed E-state index contributed by atoms with van der Waals surface area (Å²) < 4.78 is 10.8. The van der Waals surface area contributed by atoms with E-state index in [0.29, 0.717) is 18.4 Å². The van der Waals surface area contributed by atoms with Gasteiger partial charge in [0.25, 0.3) is 0 Å². The number of anilines is 2. The molecule has 5 rings (SSSR count). The lowest BCUT2D eigenvalue weighted by Gasteiger charge is -2.46. The molecule has 1 aliphatic carbocycles. The first kappa shape index (κ1) is 21.0. The Morgan fingerprint density at radius 3 is 2.78 bits per heavy atom. The highest BCUT2D eigenvalue weighted by Gasteiger charge is 2.47. The van der Waals surface area contributed by atoms with Crippen molar-refractivity contribution >= 4 is 23.0 Å². The van der Waals surface area contributed by atoms with Crippen LogP contribution in [0.3, 0.4) is 0 Å². The highest BCUT2D eigenvalue weighted by atomic mass is 16.5.